The van der Waals surface area contributed by atoms with Crippen LogP contribution in [0.15, 0.2) is 18.2 Å². The molecule has 0 fully saturated rings. The van der Waals surface area contributed by atoms with Gasteiger partial charge < -0.3 is 30.2 Å². The lowest BCUT2D eigenvalue weighted by atomic mass is 10.1. The minimum atomic E-state index is -0.217. The number of nitrogens with one attached hydrogen (secondary N) is 2. The molecular weight excluding hydrogens is 428 g/mol. The summed E-state index contributed by atoms with van der Waals surface area (Å²) in [6, 6.07) is 4.81. The van der Waals surface area contributed by atoms with Crippen molar-refractivity contribution in [2.75, 3.05) is 79.3 Å². The highest BCUT2D eigenvalue weighted by Crippen LogP contribution is 2.21. The van der Waals surface area contributed by atoms with Gasteiger partial charge in [0.2, 0.25) is 0 Å². The van der Waals surface area contributed by atoms with Crippen molar-refractivity contribution < 1.29 is 9.59 Å². The molecule has 2 N–H and O–H groups in total. The Bertz CT molecular complexity index is 712. The molecule has 1 unspecified atom stereocenters. The zero-order chi connectivity index (χ0) is 24.3. The fourth-order valence-electron chi connectivity index (χ4n) is 3.15. The molecule has 0 aliphatic heterocycles. The number of carbonyl (C=O) groups is 2. The summed E-state index contributed by atoms with van der Waals surface area (Å²) in [7, 11) is 7.92. The van der Waals surface area contributed by atoms with E-state index in [1.165, 1.54) is 0 Å². The normalized spacial score (nSPS) is 12.3. The zero-order valence-electron chi connectivity index (χ0n) is 20.7. The van der Waals surface area contributed by atoms with Gasteiger partial charge in [0.15, 0.2) is 0 Å². The summed E-state index contributed by atoms with van der Waals surface area (Å²) in [6.07, 6.45) is 0. The summed E-state index contributed by atoms with van der Waals surface area (Å²) in [4.78, 5) is 33.6. The molecule has 1 rings (SSSR count). The molecule has 0 aliphatic carbocycles. The standard InChI is InChI=1S/C23H41ClN6O2/c1-8-29(9-2)17-18(3)25-22(31)20-11-10-19(16-21(20)24)26-23(32)30(14-12-27(4)5)15-13-28(6)7/h10-11,16,18H,8-9,12-15,17H2,1-7H3,(H,25,31)(H,26,32). The van der Waals surface area contributed by atoms with E-state index in [2.05, 4.69) is 29.4 Å². The highest BCUT2D eigenvalue weighted by Gasteiger charge is 2.17. The van der Waals surface area contributed by atoms with Crippen molar-refractivity contribution in [3.63, 3.8) is 0 Å². The first-order valence-electron chi connectivity index (χ1n) is 11.2. The van der Waals surface area contributed by atoms with E-state index >= 15 is 0 Å². The van der Waals surface area contributed by atoms with E-state index in [0.29, 0.717) is 29.4 Å². The van der Waals surface area contributed by atoms with E-state index in [1.807, 2.05) is 44.9 Å². The second-order valence-electron chi connectivity index (χ2n) is 8.58. The van der Waals surface area contributed by atoms with E-state index in [0.717, 1.165) is 32.7 Å². The molecule has 1 atom stereocenters. The van der Waals surface area contributed by atoms with Gasteiger partial charge in [0.25, 0.3) is 5.91 Å². The van der Waals surface area contributed by atoms with Crippen LogP contribution < -0.4 is 10.6 Å². The molecule has 9 heteroatoms. The third-order valence-electron chi connectivity index (χ3n) is 5.19. The quantitative estimate of drug-likeness (QED) is 0.465. The van der Waals surface area contributed by atoms with Crippen LogP contribution in [-0.2, 0) is 0 Å². The first-order valence-corrected chi connectivity index (χ1v) is 11.6. The lowest BCUT2D eigenvalue weighted by molar-refractivity contribution is 0.0930. The highest BCUT2D eigenvalue weighted by molar-refractivity contribution is 6.34. The molecule has 0 radical (unpaired) electrons. The Balaban J connectivity index is 2.79. The van der Waals surface area contributed by atoms with Crippen LogP contribution in [0.3, 0.4) is 0 Å². The van der Waals surface area contributed by atoms with Gasteiger partial charge >= 0.3 is 6.03 Å². The number of rotatable bonds is 13. The lowest BCUT2D eigenvalue weighted by Gasteiger charge is -2.26. The largest absolute Gasteiger partial charge is 0.348 e. The van der Waals surface area contributed by atoms with E-state index in [1.54, 1.807) is 23.1 Å². The molecule has 0 bridgehead atoms. The second kappa shape index (κ2) is 14.3. The van der Waals surface area contributed by atoms with Crippen molar-refractivity contribution >= 4 is 29.2 Å². The summed E-state index contributed by atoms with van der Waals surface area (Å²) in [6.45, 7) is 11.6. The predicted molar refractivity (Wildman–Crippen MR) is 134 cm³/mol. The van der Waals surface area contributed by atoms with Gasteiger partial charge in [-0.2, -0.15) is 0 Å². The predicted octanol–water partition coefficient (Wildman–Crippen LogP) is 2.76. The highest BCUT2D eigenvalue weighted by atomic mass is 35.5. The molecule has 0 spiro atoms. The van der Waals surface area contributed by atoms with Crippen molar-refractivity contribution in [3.05, 3.63) is 28.8 Å². The molecule has 0 aliphatic rings. The SMILES string of the molecule is CCN(CC)CC(C)NC(=O)c1ccc(NC(=O)N(CCN(C)C)CCN(C)C)cc1Cl. The maximum Gasteiger partial charge on any atom is 0.321 e. The van der Waals surface area contributed by atoms with Crippen LogP contribution in [-0.4, -0.2) is 112 Å². The minimum absolute atomic E-state index is 0.000187. The number of carbonyl (C=O) groups excluding carboxylic acids is 2. The summed E-state index contributed by atoms with van der Waals surface area (Å²) in [5, 5.41) is 6.21. The molecule has 3 amide bonds. The summed E-state index contributed by atoms with van der Waals surface area (Å²) in [5.41, 5.74) is 0.959. The van der Waals surface area contributed by atoms with Gasteiger partial charge in [-0.15, -0.1) is 0 Å². The molecule has 0 aromatic heterocycles. The number of benzene rings is 1. The van der Waals surface area contributed by atoms with E-state index in [9.17, 15) is 9.59 Å². The van der Waals surface area contributed by atoms with Crippen LogP contribution in [0.5, 0.6) is 0 Å². The van der Waals surface area contributed by atoms with Gasteiger partial charge in [-0.1, -0.05) is 25.4 Å². The van der Waals surface area contributed by atoms with Gasteiger partial charge in [-0.25, -0.2) is 4.79 Å². The molecule has 182 valence electrons. The maximum absolute atomic E-state index is 12.8. The Kier molecular flexibility index (Phi) is 12.6. The third-order valence-corrected chi connectivity index (χ3v) is 5.50. The number of halogens is 1. The summed E-state index contributed by atoms with van der Waals surface area (Å²) >= 11 is 6.39. The maximum atomic E-state index is 12.8. The number of nitrogens with zero attached hydrogens (tertiary/aromatic N) is 4. The molecule has 0 heterocycles. The Labute approximate surface area is 198 Å². The Hall–Kier alpha value is -1.87. The average molecular weight is 469 g/mol. The fraction of sp³-hybridized carbons (Fsp3) is 0.652. The Morgan fingerprint density at radius 1 is 0.969 bits per heavy atom. The zero-order valence-corrected chi connectivity index (χ0v) is 21.5. The van der Waals surface area contributed by atoms with E-state index in [4.69, 9.17) is 11.6 Å². The molecular formula is C23H41ClN6O2. The van der Waals surface area contributed by atoms with Gasteiger partial charge in [0, 0.05) is 44.5 Å². The number of urea groups is 1. The van der Waals surface area contributed by atoms with Crippen molar-refractivity contribution in [3.8, 4) is 0 Å². The molecule has 0 saturated heterocycles. The number of hydrogen-bond donors (Lipinski definition) is 2. The van der Waals surface area contributed by atoms with Crippen LogP contribution in [0.1, 0.15) is 31.1 Å². The van der Waals surface area contributed by atoms with Crippen molar-refractivity contribution in [2.24, 2.45) is 0 Å². The van der Waals surface area contributed by atoms with Crippen LogP contribution in [0.2, 0.25) is 5.02 Å². The molecule has 8 nitrogen and oxygen atoms in total. The van der Waals surface area contributed by atoms with Crippen LogP contribution >= 0.6 is 11.6 Å². The first-order chi connectivity index (χ1) is 15.1. The van der Waals surface area contributed by atoms with Gasteiger partial charge in [-0.3, -0.25) is 4.79 Å². The van der Waals surface area contributed by atoms with Crippen molar-refractivity contribution in [1.29, 1.82) is 0 Å². The average Bonchev–Trinajstić information content (AvgIpc) is 2.71. The monoisotopic (exact) mass is 468 g/mol. The van der Waals surface area contributed by atoms with Gasteiger partial charge in [0.1, 0.15) is 0 Å². The van der Waals surface area contributed by atoms with Crippen LogP contribution in [0.25, 0.3) is 0 Å². The molecule has 32 heavy (non-hydrogen) atoms. The van der Waals surface area contributed by atoms with Crippen LogP contribution in [0.4, 0.5) is 10.5 Å². The second-order valence-corrected chi connectivity index (χ2v) is 8.99. The van der Waals surface area contributed by atoms with Gasteiger partial charge in [-0.05, 0) is 66.4 Å². The fourth-order valence-corrected chi connectivity index (χ4v) is 3.42. The lowest BCUT2D eigenvalue weighted by Crippen LogP contribution is -2.42. The Morgan fingerprint density at radius 2 is 1.53 bits per heavy atom. The number of likely N-dealkylation sites (N-methyl/N-ethyl adjacent to an activating group) is 3. The molecule has 0 saturated carbocycles. The summed E-state index contributed by atoms with van der Waals surface area (Å²) < 4.78 is 0. The van der Waals surface area contributed by atoms with Crippen LogP contribution in [0, 0.1) is 0 Å². The van der Waals surface area contributed by atoms with Gasteiger partial charge in [0.05, 0.1) is 10.6 Å². The molecule has 1 aromatic rings. The smallest absolute Gasteiger partial charge is 0.321 e. The molecule has 1 aromatic carbocycles. The third kappa shape index (κ3) is 10.2. The number of anilines is 1. The first kappa shape index (κ1) is 28.2. The summed E-state index contributed by atoms with van der Waals surface area (Å²) in [5.74, 6) is -0.217. The van der Waals surface area contributed by atoms with Crippen molar-refractivity contribution in [1.82, 2.24) is 24.9 Å². The Morgan fingerprint density at radius 3 is 2.00 bits per heavy atom. The minimum Gasteiger partial charge on any atom is -0.348 e. The number of amides is 3. The van der Waals surface area contributed by atoms with E-state index in [-0.39, 0.29) is 18.0 Å². The topological polar surface area (TPSA) is 71.2 Å². The van der Waals surface area contributed by atoms with E-state index < -0.39 is 0 Å². The number of hydrogen-bond acceptors (Lipinski definition) is 5. The van der Waals surface area contributed by atoms with Crippen molar-refractivity contribution in [2.45, 2.75) is 26.8 Å².